The number of carboxylic acids is 1. The Morgan fingerprint density at radius 1 is 1.40 bits per heavy atom. The molecule has 0 radical (unpaired) electrons. The lowest BCUT2D eigenvalue weighted by atomic mass is 10.1. The third-order valence-electron chi connectivity index (χ3n) is 3.50. The molecular formula is C14H27N3O3. The molecule has 6 nitrogen and oxygen atoms in total. The molecule has 2 unspecified atom stereocenters. The molecule has 1 heterocycles. The van der Waals surface area contributed by atoms with E-state index in [0.29, 0.717) is 12.3 Å². The summed E-state index contributed by atoms with van der Waals surface area (Å²) in [6.45, 7) is 6.12. The largest absolute Gasteiger partial charge is 0.480 e. The Kier molecular flexibility index (Phi) is 7.54. The molecule has 1 aliphatic heterocycles. The van der Waals surface area contributed by atoms with E-state index in [1.54, 1.807) is 0 Å². The lowest BCUT2D eigenvalue weighted by molar-refractivity contribution is -0.142. The van der Waals surface area contributed by atoms with E-state index in [9.17, 15) is 9.59 Å². The molecule has 0 spiro atoms. The summed E-state index contributed by atoms with van der Waals surface area (Å²) in [7, 11) is 0. The molecule has 0 aromatic heterocycles. The zero-order valence-electron chi connectivity index (χ0n) is 12.4. The van der Waals surface area contributed by atoms with Gasteiger partial charge in [0.2, 0.25) is 5.91 Å². The highest BCUT2D eigenvalue weighted by Gasteiger charge is 2.25. The molecule has 6 heteroatoms. The standard InChI is InChI=1S/C14H27N3O3/c1-10(2)5-7-15-9-13(18)17-12(14(19)20)8-11-4-3-6-16-11/h10-12,15-16H,3-9H2,1-2H3,(H,17,18)(H,19,20). The molecule has 4 N–H and O–H groups in total. The van der Waals surface area contributed by atoms with E-state index in [4.69, 9.17) is 5.11 Å². The van der Waals surface area contributed by atoms with Crippen molar-refractivity contribution >= 4 is 11.9 Å². The van der Waals surface area contributed by atoms with Gasteiger partial charge in [-0.25, -0.2) is 4.79 Å². The van der Waals surface area contributed by atoms with E-state index in [-0.39, 0.29) is 18.5 Å². The van der Waals surface area contributed by atoms with Gasteiger partial charge >= 0.3 is 5.97 Å². The van der Waals surface area contributed by atoms with Crippen LogP contribution in [0.25, 0.3) is 0 Å². The predicted molar refractivity (Wildman–Crippen MR) is 77.5 cm³/mol. The van der Waals surface area contributed by atoms with Crippen LogP contribution in [-0.2, 0) is 9.59 Å². The van der Waals surface area contributed by atoms with E-state index < -0.39 is 12.0 Å². The molecule has 0 bridgehead atoms. The average molecular weight is 285 g/mol. The molecule has 0 aliphatic carbocycles. The Morgan fingerprint density at radius 2 is 2.15 bits per heavy atom. The van der Waals surface area contributed by atoms with Gasteiger partial charge in [-0.2, -0.15) is 0 Å². The van der Waals surface area contributed by atoms with Gasteiger partial charge in [0, 0.05) is 6.04 Å². The monoisotopic (exact) mass is 285 g/mol. The number of amides is 1. The molecule has 116 valence electrons. The minimum atomic E-state index is -0.964. The van der Waals surface area contributed by atoms with Gasteiger partial charge in [0.05, 0.1) is 6.54 Å². The van der Waals surface area contributed by atoms with E-state index in [0.717, 1.165) is 32.4 Å². The zero-order chi connectivity index (χ0) is 15.0. The second kappa shape index (κ2) is 8.92. The number of rotatable bonds is 9. The van der Waals surface area contributed by atoms with Crippen LogP contribution in [0.5, 0.6) is 0 Å². The molecule has 0 saturated carbocycles. The van der Waals surface area contributed by atoms with Gasteiger partial charge in [0.1, 0.15) is 6.04 Å². The van der Waals surface area contributed by atoms with Crippen LogP contribution in [-0.4, -0.2) is 48.7 Å². The van der Waals surface area contributed by atoms with Gasteiger partial charge in [0.15, 0.2) is 0 Å². The molecule has 0 aromatic rings. The predicted octanol–water partition coefficient (Wildman–Crippen LogP) is 0.334. The maximum absolute atomic E-state index is 11.7. The fourth-order valence-corrected chi connectivity index (χ4v) is 2.30. The highest BCUT2D eigenvalue weighted by Crippen LogP contribution is 2.11. The zero-order valence-corrected chi connectivity index (χ0v) is 12.4. The van der Waals surface area contributed by atoms with Crippen LogP contribution in [0, 0.1) is 5.92 Å². The average Bonchev–Trinajstić information content (AvgIpc) is 2.86. The van der Waals surface area contributed by atoms with Crippen molar-refractivity contribution in [1.29, 1.82) is 0 Å². The third-order valence-corrected chi connectivity index (χ3v) is 3.50. The number of carboxylic acid groups (broad SMARTS) is 1. The molecule has 2 atom stereocenters. The number of nitrogens with one attached hydrogen (secondary N) is 3. The van der Waals surface area contributed by atoms with Gasteiger partial charge < -0.3 is 21.1 Å². The van der Waals surface area contributed by atoms with Gasteiger partial charge in [-0.1, -0.05) is 13.8 Å². The topological polar surface area (TPSA) is 90.5 Å². The third kappa shape index (κ3) is 6.86. The number of hydrogen-bond donors (Lipinski definition) is 4. The first-order chi connectivity index (χ1) is 9.49. The van der Waals surface area contributed by atoms with Gasteiger partial charge in [-0.15, -0.1) is 0 Å². The summed E-state index contributed by atoms with van der Waals surface area (Å²) in [5, 5.41) is 18.0. The number of carbonyl (C=O) groups excluding carboxylic acids is 1. The maximum Gasteiger partial charge on any atom is 0.326 e. The Balaban J connectivity index is 2.25. The van der Waals surface area contributed by atoms with Crippen molar-refractivity contribution in [3.63, 3.8) is 0 Å². The summed E-state index contributed by atoms with van der Waals surface area (Å²) in [6.07, 6.45) is 3.50. The summed E-state index contributed by atoms with van der Waals surface area (Å²) in [5.41, 5.74) is 0. The van der Waals surface area contributed by atoms with Crippen molar-refractivity contribution in [2.45, 2.75) is 51.6 Å². The van der Waals surface area contributed by atoms with Gasteiger partial charge in [-0.3, -0.25) is 4.79 Å². The lowest BCUT2D eigenvalue weighted by Crippen LogP contribution is -2.47. The van der Waals surface area contributed by atoms with Crippen molar-refractivity contribution in [2.75, 3.05) is 19.6 Å². The van der Waals surface area contributed by atoms with Crippen LogP contribution in [0.2, 0.25) is 0 Å². The Hall–Kier alpha value is -1.14. The fourth-order valence-electron chi connectivity index (χ4n) is 2.30. The summed E-state index contributed by atoms with van der Waals surface area (Å²) in [5.74, 6) is -0.626. The summed E-state index contributed by atoms with van der Waals surface area (Å²) < 4.78 is 0. The second-order valence-electron chi connectivity index (χ2n) is 5.85. The van der Waals surface area contributed by atoms with Crippen molar-refractivity contribution in [2.24, 2.45) is 5.92 Å². The first kappa shape index (κ1) is 16.9. The lowest BCUT2D eigenvalue weighted by Gasteiger charge is -2.18. The molecule has 0 aromatic carbocycles. The maximum atomic E-state index is 11.7. The molecule has 1 amide bonds. The van der Waals surface area contributed by atoms with Gasteiger partial charge in [0.25, 0.3) is 0 Å². The molecule has 1 saturated heterocycles. The number of carbonyl (C=O) groups is 2. The van der Waals surface area contributed by atoms with E-state index in [1.807, 2.05) is 0 Å². The van der Waals surface area contributed by atoms with Crippen LogP contribution < -0.4 is 16.0 Å². The normalized spacial score (nSPS) is 20.1. The number of aliphatic carboxylic acids is 1. The highest BCUT2D eigenvalue weighted by molar-refractivity contribution is 5.84. The second-order valence-corrected chi connectivity index (χ2v) is 5.85. The Bertz CT molecular complexity index is 315. The molecule has 1 rings (SSSR count). The van der Waals surface area contributed by atoms with Crippen LogP contribution in [0.3, 0.4) is 0 Å². The smallest absolute Gasteiger partial charge is 0.326 e. The molecule has 1 fully saturated rings. The highest BCUT2D eigenvalue weighted by atomic mass is 16.4. The van der Waals surface area contributed by atoms with Crippen LogP contribution in [0.4, 0.5) is 0 Å². The van der Waals surface area contributed by atoms with Crippen molar-refractivity contribution in [3.8, 4) is 0 Å². The fraction of sp³-hybridized carbons (Fsp3) is 0.857. The van der Waals surface area contributed by atoms with Crippen LogP contribution in [0.15, 0.2) is 0 Å². The minimum Gasteiger partial charge on any atom is -0.480 e. The minimum absolute atomic E-state index is 0.175. The summed E-state index contributed by atoms with van der Waals surface area (Å²) in [6, 6.07) is -0.602. The first-order valence-corrected chi connectivity index (χ1v) is 7.45. The van der Waals surface area contributed by atoms with E-state index in [2.05, 4.69) is 29.8 Å². The van der Waals surface area contributed by atoms with E-state index in [1.165, 1.54) is 0 Å². The van der Waals surface area contributed by atoms with Crippen LogP contribution >= 0.6 is 0 Å². The number of hydrogen-bond acceptors (Lipinski definition) is 4. The first-order valence-electron chi connectivity index (χ1n) is 7.45. The summed E-state index contributed by atoms with van der Waals surface area (Å²) >= 11 is 0. The quantitative estimate of drug-likeness (QED) is 0.459. The molecule has 20 heavy (non-hydrogen) atoms. The van der Waals surface area contributed by atoms with Crippen LogP contribution in [0.1, 0.15) is 39.5 Å². The Morgan fingerprint density at radius 3 is 2.70 bits per heavy atom. The Labute approximate surface area is 120 Å². The van der Waals surface area contributed by atoms with Crippen molar-refractivity contribution in [3.05, 3.63) is 0 Å². The summed E-state index contributed by atoms with van der Waals surface area (Å²) in [4.78, 5) is 22.9. The van der Waals surface area contributed by atoms with E-state index >= 15 is 0 Å². The van der Waals surface area contributed by atoms with Crippen molar-refractivity contribution < 1.29 is 14.7 Å². The SMILES string of the molecule is CC(C)CCNCC(=O)NC(CC1CCCN1)C(=O)O. The van der Waals surface area contributed by atoms with Crippen molar-refractivity contribution in [1.82, 2.24) is 16.0 Å². The molecule has 1 aliphatic rings. The van der Waals surface area contributed by atoms with Gasteiger partial charge in [-0.05, 0) is 44.7 Å². The molecular weight excluding hydrogens is 258 g/mol.